The van der Waals surface area contributed by atoms with Crippen molar-refractivity contribution in [3.8, 4) is 0 Å². The molecule has 0 atom stereocenters. The van der Waals surface area contributed by atoms with E-state index >= 15 is 0 Å². The highest BCUT2D eigenvalue weighted by atomic mass is 16.3. The number of nitrogens with one attached hydrogen (secondary N) is 2. The topological polar surface area (TPSA) is 78.4 Å². The Labute approximate surface area is 124 Å². The molecular weight excluding hydrogens is 268 g/mol. The van der Waals surface area contributed by atoms with Crippen molar-refractivity contribution in [3.05, 3.63) is 30.3 Å². The molecule has 1 aromatic carbocycles. The van der Waals surface area contributed by atoms with Crippen LogP contribution < -0.4 is 10.6 Å². The summed E-state index contributed by atoms with van der Waals surface area (Å²) >= 11 is 0. The SMILES string of the molecule is O=C(CC1(O)CCCCC1)NCC(=O)Nc1ccccc1. The van der Waals surface area contributed by atoms with Gasteiger partial charge in [-0.05, 0) is 25.0 Å². The molecule has 0 bridgehead atoms. The lowest BCUT2D eigenvalue weighted by molar-refractivity contribution is -0.129. The van der Waals surface area contributed by atoms with Crippen LogP contribution in [0.15, 0.2) is 30.3 Å². The molecule has 0 saturated heterocycles. The summed E-state index contributed by atoms with van der Waals surface area (Å²) < 4.78 is 0. The summed E-state index contributed by atoms with van der Waals surface area (Å²) in [5.41, 5.74) is -0.194. The second-order valence-electron chi connectivity index (χ2n) is 5.65. The van der Waals surface area contributed by atoms with Crippen LogP contribution >= 0.6 is 0 Å². The molecule has 1 aliphatic rings. The van der Waals surface area contributed by atoms with Gasteiger partial charge in [0.25, 0.3) is 0 Å². The molecule has 21 heavy (non-hydrogen) atoms. The van der Waals surface area contributed by atoms with Gasteiger partial charge in [0.2, 0.25) is 11.8 Å². The highest BCUT2D eigenvalue weighted by Crippen LogP contribution is 2.30. The molecule has 5 heteroatoms. The number of carbonyl (C=O) groups excluding carboxylic acids is 2. The maximum absolute atomic E-state index is 11.8. The number of benzene rings is 1. The predicted octanol–water partition coefficient (Wildman–Crippen LogP) is 1.83. The fourth-order valence-corrected chi connectivity index (χ4v) is 2.65. The van der Waals surface area contributed by atoms with Gasteiger partial charge in [0.1, 0.15) is 0 Å². The molecule has 2 amide bonds. The van der Waals surface area contributed by atoms with E-state index in [4.69, 9.17) is 0 Å². The van der Waals surface area contributed by atoms with Crippen molar-refractivity contribution in [1.82, 2.24) is 5.32 Å². The maximum Gasteiger partial charge on any atom is 0.243 e. The average molecular weight is 290 g/mol. The van der Waals surface area contributed by atoms with Crippen molar-refractivity contribution in [3.63, 3.8) is 0 Å². The van der Waals surface area contributed by atoms with Gasteiger partial charge in [0.05, 0.1) is 18.6 Å². The van der Waals surface area contributed by atoms with Crippen LogP contribution in [0, 0.1) is 0 Å². The number of para-hydroxylation sites is 1. The highest BCUT2D eigenvalue weighted by molar-refractivity contribution is 5.94. The summed E-state index contributed by atoms with van der Waals surface area (Å²) in [6.07, 6.45) is 4.43. The van der Waals surface area contributed by atoms with Crippen molar-refractivity contribution < 1.29 is 14.7 Å². The molecule has 0 spiro atoms. The summed E-state index contributed by atoms with van der Waals surface area (Å²) in [5.74, 6) is -0.548. The monoisotopic (exact) mass is 290 g/mol. The fourth-order valence-electron chi connectivity index (χ4n) is 2.65. The molecule has 1 aromatic rings. The van der Waals surface area contributed by atoms with E-state index in [1.54, 1.807) is 12.1 Å². The van der Waals surface area contributed by atoms with E-state index in [9.17, 15) is 14.7 Å². The summed E-state index contributed by atoms with van der Waals surface area (Å²) in [7, 11) is 0. The number of anilines is 1. The summed E-state index contributed by atoms with van der Waals surface area (Å²) in [6, 6.07) is 9.08. The second kappa shape index (κ2) is 7.22. The van der Waals surface area contributed by atoms with Crippen molar-refractivity contribution in [2.75, 3.05) is 11.9 Å². The van der Waals surface area contributed by atoms with Gasteiger partial charge in [-0.15, -0.1) is 0 Å². The minimum atomic E-state index is -0.891. The number of hydrogen-bond donors (Lipinski definition) is 3. The Morgan fingerprint density at radius 3 is 2.38 bits per heavy atom. The number of aliphatic hydroxyl groups is 1. The van der Waals surface area contributed by atoms with Crippen LogP contribution in [0.5, 0.6) is 0 Å². The summed E-state index contributed by atoms with van der Waals surface area (Å²) in [5, 5.41) is 15.5. The molecule has 0 unspecified atom stereocenters. The number of carbonyl (C=O) groups is 2. The Hall–Kier alpha value is -1.88. The van der Waals surface area contributed by atoms with Gasteiger partial charge in [-0.25, -0.2) is 0 Å². The van der Waals surface area contributed by atoms with E-state index in [1.165, 1.54) is 0 Å². The number of rotatable bonds is 5. The van der Waals surface area contributed by atoms with Gasteiger partial charge < -0.3 is 15.7 Å². The molecule has 1 fully saturated rings. The van der Waals surface area contributed by atoms with Crippen molar-refractivity contribution in [1.29, 1.82) is 0 Å². The zero-order valence-electron chi connectivity index (χ0n) is 12.1. The van der Waals surface area contributed by atoms with Crippen LogP contribution in [-0.2, 0) is 9.59 Å². The van der Waals surface area contributed by atoms with E-state index in [0.717, 1.165) is 19.3 Å². The Balaban J connectivity index is 1.72. The second-order valence-corrected chi connectivity index (χ2v) is 5.65. The van der Waals surface area contributed by atoms with Gasteiger partial charge in [-0.3, -0.25) is 9.59 Å². The van der Waals surface area contributed by atoms with Gasteiger partial charge in [0, 0.05) is 5.69 Å². The lowest BCUT2D eigenvalue weighted by Crippen LogP contribution is -2.40. The minimum absolute atomic E-state index is 0.0750. The van der Waals surface area contributed by atoms with Crippen LogP contribution in [-0.4, -0.2) is 29.1 Å². The smallest absolute Gasteiger partial charge is 0.243 e. The van der Waals surface area contributed by atoms with Crippen LogP contribution in [0.2, 0.25) is 0 Å². The standard InChI is InChI=1S/C16H22N2O3/c19-14(11-16(21)9-5-2-6-10-16)17-12-15(20)18-13-7-3-1-4-8-13/h1,3-4,7-8,21H,2,5-6,9-12H2,(H,17,19)(H,18,20). The van der Waals surface area contributed by atoms with Gasteiger partial charge in [-0.1, -0.05) is 37.5 Å². The number of amides is 2. The summed E-state index contributed by atoms with van der Waals surface area (Å²) in [6.45, 7) is -0.0796. The van der Waals surface area contributed by atoms with E-state index in [1.807, 2.05) is 18.2 Å². The van der Waals surface area contributed by atoms with Crippen molar-refractivity contribution in [2.45, 2.75) is 44.1 Å². The van der Waals surface area contributed by atoms with Gasteiger partial charge >= 0.3 is 0 Å². The first-order valence-corrected chi connectivity index (χ1v) is 7.41. The third-order valence-corrected chi connectivity index (χ3v) is 3.78. The third-order valence-electron chi connectivity index (χ3n) is 3.78. The Kier molecular flexibility index (Phi) is 5.33. The van der Waals surface area contributed by atoms with Gasteiger partial charge in [0.15, 0.2) is 0 Å². The average Bonchev–Trinajstić information content (AvgIpc) is 2.46. The molecule has 5 nitrogen and oxygen atoms in total. The third kappa shape index (κ3) is 5.19. The molecule has 114 valence electrons. The van der Waals surface area contributed by atoms with Crippen LogP contribution in [0.4, 0.5) is 5.69 Å². The number of hydrogen-bond acceptors (Lipinski definition) is 3. The van der Waals surface area contributed by atoms with Crippen molar-refractivity contribution in [2.24, 2.45) is 0 Å². The molecule has 1 aliphatic carbocycles. The molecule has 0 heterocycles. The first kappa shape index (κ1) is 15.5. The van der Waals surface area contributed by atoms with Crippen molar-refractivity contribution >= 4 is 17.5 Å². The molecule has 0 radical (unpaired) electrons. The van der Waals surface area contributed by atoms with E-state index < -0.39 is 5.60 Å². The Bertz CT molecular complexity index is 482. The lowest BCUT2D eigenvalue weighted by atomic mass is 9.82. The van der Waals surface area contributed by atoms with E-state index in [-0.39, 0.29) is 24.8 Å². The minimum Gasteiger partial charge on any atom is -0.389 e. The molecule has 1 saturated carbocycles. The van der Waals surface area contributed by atoms with E-state index in [0.29, 0.717) is 18.5 Å². The zero-order valence-corrected chi connectivity index (χ0v) is 12.1. The summed E-state index contributed by atoms with van der Waals surface area (Å²) in [4.78, 5) is 23.5. The Morgan fingerprint density at radius 2 is 1.71 bits per heavy atom. The molecule has 0 aromatic heterocycles. The molecule has 3 N–H and O–H groups in total. The lowest BCUT2D eigenvalue weighted by Gasteiger charge is -2.31. The van der Waals surface area contributed by atoms with E-state index in [2.05, 4.69) is 10.6 Å². The fraction of sp³-hybridized carbons (Fsp3) is 0.500. The molecule has 2 rings (SSSR count). The Morgan fingerprint density at radius 1 is 1.05 bits per heavy atom. The molecule has 0 aliphatic heterocycles. The molecular formula is C16H22N2O3. The largest absolute Gasteiger partial charge is 0.389 e. The highest BCUT2D eigenvalue weighted by Gasteiger charge is 2.31. The zero-order chi connectivity index (χ0) is 15.1. The van der Waals surface area contributed by atoms with Crippen LogP contribution in [0.1, 0.15) is 38.5 Å². The van der Waals surface area contributed by atoms with Gasteiger partial charge in [-0.2, -0.15) is 0 Å². The maximum atomic E-state index is 11.8. The van der Waals surface area contributed by atoms with Crippen LogP contribution in [0.3, 0.4) is 0 Å². The first-order valence-electron chi connectivity index (χ1n) is 7.41. The predicted molar refractivity (Wildman–Crippen MR) is 80.7 cm³/mol. The normalized spacial score (nSPS) is 17.0. The quantitative estimate of drug-likeness (QED) is 0.774. The first-order chi connectivity index (χ1) is 10.1. The van der Waals surface area contributed by atoms with Crippen LogP contribution in [0.25, 0.3) is 0 Å².